The summed E-state index contributed by atoms with van der Waals surface area (Å²) < 4.78 is 1.70. The molecule has 5 nitrogen and oxygen atoms in total. The number of nitrogens with zero attached hydrogens (tertiary/aromatic N) is 4. The Hall–Kier alpha value is -3.60. The maximum atomic E-state index is 12.6. The minimum Gasteiger partial charge on any atom is -0.287 e. The molecular formula is C22H18N4O. The average Bonchev–Trinajstić information content (AvgIpc) is 3.05. The number of ketones is 1. The van der Waals surface area contributed by atoms with Gasteiger partial charge in [-0.25, -0.2) is 4.52 Å². The van der Waals surface area contributed by atoms with Crippen molar-refractivity contribution in [1.29, 1.82) is 0 Å². The first-order valence-corrected chi connectivity index (χ1v) is 8.70. The van der Waals surface area contributed by atoms with Gasteiger partial charge in [-0.1, -0.05) is 66.7 Å². The molecule has 0 aliphatic carbocycles. The largest absolute Gasteiger partial charge is 0.287 e. The molecule has 0 aliphatic heterocycles. The van der Waals surface area contributed by atoms with E-state index < -0.39 is 0 Å². The van der Waals surface area contributed by atoms with Crippen LogP contribution in [0.2, 0.25) is 0 Å². The van der Waals surface area contributed by atoms with Gasteiger partial charge in [-0.3, -0.25) is 4.79 Å². The SMILES string of the molecule is Cc1nn2c(C)c(C(=O)C=Cc3ccccc3)nnc2c1-c1ccccc1. The van der Waals surface area contributed by atoms with Gasteiger partial charge < -0.3 is 0 Å². The second-order valence-electron chi connectivity index (χ2n) is 6.30. The summed E-state index contributed by atoms with van der Waals surface area (Å²) in [7, 11) is 0. The van der Waals surface area contributed by atoms with Crippen molar-refractivity contribution in [2.24, 2.45) is 0 Å². The van der Waals surface area contributed by atoms with Crippen molar-refractivity contribution >= 4 is 17.5 Å². The summed E-state index contributed by atoms with van der Waals surface area (Å²) in [4.78, 5) is 12.6. The molecule has 0 saturated heterocycles. The van der Waals surface area contributed by atoms with Gasteiger partial charge >= 0.3 is 0 Å². The zero-order chi connectivity index (χ0) is 18.8. The Balaban J connectivity index is 1.75. The lowest BCUT2D eigenvalue weighted by atomic mass is 10.1. The van der Waals surface area contributed by atoms with E-state index in [2.05, 4.69) is 15.3 Å². The van der Waals surface area contributed by atoms with Gasteiger partial charge in [-0.05, 0) is 31.1 Å². The van der Waals surface area contributed by atoms with Crippen molar-refractivity contribution < 1.29 is 4.79 Å². The van der Waals surface area contributed by atoms with E-state index in [1.54, 1.807) is 10.6 Å². The minimum absolute atomic E-state index is 0.194. The number of fused-ring (bicyclic) bond motifs is 1. The van der Waals surface area contributed by atoms with Crippen molar-refractivity contribution in [3.63, 3.8) is 0 Å². The molecule has 5 heteroatoms. The lowest BCUT2D eigenvalue weighted by Crippen LogP contribution is -2.10. The summed E-state index contributed by atoms with van der Waals surface area (Å²) in [5, 5.41) is 13.1. The van der Waals surface area contributed by atoms with Crippen LogP contribution in [0.15, 0.2) is 66.7 Å². The molecule has 2 heterocycles. The first-order chi connectivity index (χ1) is 13.1. The number of carbonyl (C=O) groups is 1. The van der Waals surface area contributed by atoms with Gasteiger partial charge in [0.15, 0.2) is 11.3 Å². The van der Waals surface area contributed by atoms with E-state index in [1.807, 2.05) is 74.5 Å². The highest BCUT2D eigenvalue weighted by molar-refractivity contribution is 6.06. The molecule has 0 aliphatic rings. The molecule has 0 radical (unpaired) electrons. The van der Waals surface area contributed by atoms with E-state index in [-0.39, 0.29) is 5.78 Å². The van der Waals surface area contributed by atoms with Crippen molar-refractivity contribution in [3.8, 4) is 11.1 Å². The van der Waals surface area contributed by atoms with Gasteiger partial charge in [-0.2, -0.15) is 5.10 Å². The summed E-state index contributed by atoms with van der Waals surface area (Å²) in [5.74, 6) is -0.194. The normalized spacial score (nSPS) is 11.3. The number of aromatic nitrogens is 4. The predicted octanol–water partition coefficient (Wildman–Crippen LogP) is 4.30. The van der Waals surface area contributed by atoms with Crippen LogP contribution < -0.4 is 0 Å². The van der Waals surface area contributed by atoms with Crippen LogP contribution in [-0.4, -0.2) is 25.6 Å². The molecule has 27 heavy (non-hydrogen) atoms. The van der Waals surface area contributed by atoms with Crippen LogP contribution in [-0.2, 0) is 0 Å². The van der Waals surface area contributed by atoms with Crippen LogP contribution in [0.4, 0.5) is 0 Å². The molecule has 132 valence electrons. The highest BCUT2D eigenvalue weighted by Gasteiger charge is 2.18. The van der Waals surface area contributed by atoms with Crippen LogP contribution in [0.25, 0.3) is 22.9 Å². The van der Waals surface area contributed by atoms with Crippen LogP contribution in [0.5, 0.6) is 0 Å². The van der Waals surface area contributed by atoms with E-state index in [9.17, 15) is 4.79 Å². The van der Waals surface area contributed by atoms with Gasteiger partial charge in [0.2, 0.25) is 5.78 Å². The van der Waals surface area contributed by atoms with E-state index in [0.717, 1.165) is 22.4 Å². The number of carbonyl (C=O) groups excluding carboxylic acids is 1. The number of allylic oxidation sites excluding steroid dienone is 1. The van der Waals surface area contributed by atoms with Crippen LogP contribution in [0.3, 0.4) is 0 Å². The predicted molar refractivity (Wildman–Crippen MR) is 105 cm³/mol. The molecule has 0 amide bonds. The monoisotopic (exact) mass is 354 g/mol. The van der Waals surface area contributed by atoms with Crippen LogP contribution in [0.1, 0.15) is 27.4 Å². The van der Waals surface area contributed by atoms with Crippen molar-refractivity contribution in [3.05, 3.63) is 89.4 Å². The van der Waals surface area contributed by atoms with E-state index in [1.165, 1.54) is 6.08 Å². The molecular weight excluding hydrogens is 336 g/mol. The third-order valence-corrected chi connectivity index (χ3v) is 4.46. The Bertz CT molecular complexity index is 1150. The zero-order valence-corrected chi connectivity index (χ0v) is 15.1. The van der Waals surface area contributed by atoms with Crippen molar-refractivity contribution in [2.45, 2.75) is 13.8 Å². The summed E-state index contributed by atoms with van der Waals surface area (Å²) >= 11 is 0. The second-order valence-corrected chi connectivity index (χ2v) is 6.30. The lowest BCUT2D eigenvalue weighted by molar-refractivity contribution is 0.104. The molecule has 2 aromatic carbocycles. The Morgan fingerprint density at radius 2 is 1.59 bits per heavy atom. The fourth-order valence-electron chi connectivity index (χ4n) is 3.10. The van der Waals surface area contributed by atoms with Crippen molar-refractivity contribution in [1.82, 2.24) is 19.8 Å². The molecule has 0 fully saturated rings. The average molecular weight is 354 g/mol. The third kappa shape index (κ3) is 3.15. The Kier molecular flexibility index (Phi) is 4.34. The molecule has 2 aromatic heterocycles. The smallest absolute Gasteiger partial charge is 0.207 e. The highest BCUT2D eigenvalue weighted by Crippen LogP contribution is 2.27. The number of aryl methyl sites for hydroxylation is 2. The minimum atomic E-state index is -0.194. The standard InChI is InChI=1S/C22H18N4O/c1-15-20(18-11-7-4-8-12-18)22-24-23-21(16(2)26(22)25-15)19(27)14-13-17-9-5-3-6-10-17/h3-14H,1-2H3. The third-order valence-electron chi connectivity index (χ3n) is 4.46. The summed E-state index contributed by atoms with van der Waals surface area (Å²) in [6, 6.07) is 19.6. The molecule has 4 aromatic rings. The van der Waals surface area contributed by atoms with Crippen LogP contribution >= 0.6 is 0 Å². The maximum Gasteiger partial charge on any atom is 0.207 e. The molecule has 4 rings (SSSR count). The number of hydrogen-bond acceptors (Lipinski definition) is 4. The van der Waals surface area contributed by atoms with Gasteiger partial charge in [0, 0.05) is 0 Å². The van der Waals surface area contributed by atoms with Gasteiger partial charge in [0.05, 0.1) is 17.0 Å². The summed E-state index contributed by atoms with van der Waals surface area (Å²) in [6.45, 7) is 3.78. The number of benzene rings is 2. The Morgan fingerprint density at radius 1 is 0.926 bits per heavy atom. The fourth-order valence-corrected chi connectivity index (χ4v) is 3.10. The molecule has 0 bridgehead atoms. The second kappa shape index (κ2) is 6.96. The molecule has 0 saturated carbocycles. The first kappa shape index (κ1) is 16.8. The van der Waals surface area contributed by atoms with Crippen molar-refractivity contribution in [2.75, 3.05) is 0 Å². The zero-order valence-electron chi connectivity index (χ0n) is 15.1. The topological polar surface area (TPSA) is 60.2 Å². The molecule has 0 unspecified atom stereocenters. The number of rotatable bonds is 4. The number of hydrogen-bond donors (Lipinski definition) is 0. The Morgan fingerprint density at radius 3 is 2.30 bits per heavy atom. The quantitative estimate of drug-likeness (QED) is 0.405. The lowest BCUT2D eigenvalue weighted by Gasteiger charge is -2.04. The molecule has 0 atom stereocenters. The first-order valence-electron chi connectivity index (χ1n) is 8.70. The van der Waals surface area contributed by atoms with Crippen LogP contribution in [0, 0.1) is 13.8 Å². The highest BCUT2D eigenvalue weighted by atomic mass is 16.1. The maximum absolute atomic E-state index is 12.6. The van der Waals surface area contributed by atoms with E-state index in [0.29, 0.717) is 17.0 Å². The van der Waals surface area contributed by atoms with Gasteiger partial charge in [-0.15, -0.1) is 10.2 Å². The molecule has 0 N–H and O–H groups in total. The van der Waals surface area contributed by atoms with Gasteiger partial charge in [0.25, 0.3) is 0 Å². The fraction of sp³-hybridized carbons (Fsp3) is 0.0909. The summed E-state index contributed by atoms with van der Waals surface area (Å²) in [6.07, 6.45) is 3.30. The Labute approximate surface area is 157 Å². The van der Waals surface area contributed by atoms with E-state index >= 15 is 0 Å². The molecule has 0 spiro atoms. The van der Waals surface area contributed by atoms with Gasteiger partial charge in [0.1, 0.15) is 0 Å². The summed E-state index contributed by atoms with van der Waals surface area (Å²) in [5.41, 5.74) is 5.40. The van der Waals surface area contributed by atoms with E-state index in [4.69, 9.17) is 0 Å².